The maximum Gasteiger partial charge on any atom is 0.202 e. The largest absolute Gasteiger partial charge is 0.291 e. The first-order valence-electron chi connectivity index (χ1n) is 4.05. The molecule has 1 fully saturated rings. The van der Waals surface area contributed by atoms with Gasteiger partial charge in [0.1, 0.15) is 5.82 Å². The third-order valence-electron chi connectivity index (χ3n) is 2.31. The van der Waals surface area contributed by atoms with E-state index in [-0.39, 0.29) is 16.9 Å². The fourth-order valence-electron chi connectivity index (χ4n) is 1.44. The second-order valence-electron chi connectivity index (χ2n) is 3.24. The van der Waals surface area contributed by atoms with Crippen LogP contribution >= 0.6 is 11.6 Å². The van der Waals surface area contributed by atoms with Gasteiger partial charge in [-0.05, 0) is 30.0 Å². The van der Waals surface area contributed by atoms with Crippen molar-refractivity contribution >= 4 is 17.9 Å². The van der Waals surface area contributed by atoms with Crippen LogP contribution in [0.5, 0.6) is 0 Å². The first-order chi connectivity index (χ1) is 6.22. The second-order valence-corrected chi connectivity index (χ2v) is 3.65. The second kappa shape index (κ2) is 3.11. The van der Waals surface area contributed by atoms with Crippen molar-refractivity contribution in [2.45, 2.75) is 12.3 Å². The maximum absolute atomic E-state index is 12.8. The molecule has 1 aliphatic rings. The Morgan fingerprint density at radius 1 is 1.54 bits per heavy atom. The molecule has 67 valence electrons. The van der Waals surface area contributed by atoms with E-state index in [1.54, 1.807) is 12.1 Å². The summed E-state index contributed by atoms with van der Waals surface area (Å²) in [6, 6.07) is 4.58. The SMILES string of the molecule is O=[C]C1CC1c1ccc(F)c(Cl)c1. The molecule has 3 heteroatoms. The van der Waals surface area contributed by atoms with E-state index in [1.165, 1.54) is 6.07 Å². The summed E-state index contributed by atoms with van der Waals surface area (Å²) in [6.45, 7) is 0. The smallest absolute Gasteiger partial charge is 0.202 e. The Morgan fingerprint density at radius 2 is 2.31 bits per heavy atom. The van der Waals surface area contributed by atoms with Crippen molar-refractivity contribution in [1.82, 2.24) is 0 Å². The average molecular weight is 198 g/mol. The summed E-state index contributed by atoms with van der Waals surface area (Å²) in [7, 11) is 0. The molecule has 0 N–H and O–H groups in total. The highest BCUT2D eigenvalue weighted by atomic mass is 35.5. The third kappa shape index (κ3) is 1.59. The molecule has 0 amide bonds. The van der Waals surface area contributed by atoms with Crippen molar-refractivity contribution in [2.75, 3.05) is 0 Å². The van der Waals surface area contributed by atoms with Gasteiger partial charge < -0.3 is 0 Å². The molecule has 0 bridgehead atoms. The molecule has 1 radical (unpaired) electrons. The highest BCUT2D eigenvalue weighted by Crippen LogP contribution is 2.46. The van der Waals surface area contributed by atoms with E-state index in [1.807, 2.05) is 6.29 Å². The van der Waals surface area contributed by atoms with Gasteiger partial charge in [0.15, 0.2) is 0 Å². The van der Waals surface area contributed by atoms with Gasteiger partial charge in [0.25, 0.3) is 0 Å². The fraction of sp³-hybridized carbons (Fsp3) is 0.300. The molecule has 2 unspecified atom stereocenters. The number of hydrogen-bond acceptors (Lipinski definition) is 1. The van der Waals surface area contributed by atoms with Crippen molar-refractivity contribution in [3.05, 3.63) is 34.6 Å². The maximum atomic E-state index is 12.8. The molecule has 0 heterocycles. The van der Waals surface area contributed by atoms with Gasteiger partial charge in [0.05, 0.1) is 5.02 Å². The molecule has 0 aromatic heterocycles. The topological polar surface area (TPSA) is 17.1 Å². The molecular formula is C10H7ClFO. The lowest BCUT2D eigenvalue weighted by atomic mass is 10.1. The first kappa shape index (κ1) is 8.70. The lowest BCUT2D eigenvalue weighted by Crippen LogP contribution is -1.86. The van der Waals surface area contributed by atoms with Crippen LogP contribution in [0.4, 0.5) is 4.39 Å². The average Bonchev–Trinajstić information content (AvgIpc) is 2.88. The third-order valence-corrected chi connectivity index (χ3v) is 2.60. The van der Waals surface area contributed by atoms with Gasteiger partial charge in [-0.2, -0.15) is 0 Å². The number of rotatable bonds is 2. The normalized spacial score (nSPS) is 25.7. The quantitative estimate of drug-likeness (QED) is 0.713. The monoisotopic (exact) mass is 197 g/mol. The first-order valence-corrected chi connectivity index (χ1v) is 4.43. The minimum atomic E-state index is -0.419. The summed E-state index contributed by atoms with van der Waals surface area (Å²) in [5.41, 5.74) is 0.930. The van der Waals surface area contributed by atoms with Gasteiger partial charge in [-0.25, -0.2) is 4.39 Å². The highest BCUT2D eigenvalue weighted by molar-refractivity contribution is 6.30. The molecule has 2 atom stereocenters. The van der Waals surface area contributed by atoms with Crippen molar-refractivity contribution < 1.29 is 9.18 Å². The summed E-state index contributed by atoms with van der Waals surface area (Å²) >= 11 is 5.60. The molecule has 0 saturated heterocycles. The predicted octanol–water partition coefficient (Wildman–Crippen LogP) is 2.69. The van der Waals surface area contributed by atoms with Crippen molar-refractivity contribution in [2.24, 2.45) is 5.92 Å². The summed E-state index contributed by atoms with van der Waals surface area (Å²) in [5.74, 6) is -0.227. The summed E-state index contributed by atoms with van der Waals surface area (Å²) in [6.07, 6.45) is 2.75. The van der Waals surface area contributed by atoms with Crippen molar-refractivity contribution in [3.8, 4) is 0 Å². The van der Waals surface area contributed by atoms with Crippen LogP contribution in [-0.2, 0) is 4.79 Å². The van der Waals surface area contributed by atoms with Gasteiger partial charge in [-0.15, -0.1) is 0 Å². The Hall–Kier alpha value is -0.890. The zero-order valence-electron chi connectivity index (χ0n) is 6.76. The Labute approximate surface area is 80.5 Å². The van der Waals surface area contributed by atoms with Crippen molar-refractivity contribution in [1.29, 1.82) is 0 Å². The number of carbonyl (C=O) groups excluding carboxylic acids is 1. The molecule has 1 aliphatic carbocycles. The van der Waals surface area contributed by atoms with E-state index in [4.69, 9.17) is 11.6 Å². The molecular weight excluding hydrogens is 191 g/mol. The molecule has 1 saturated carbocycles. The molecule has 1 aromatic rings. The Morgan fingerprint density at radius 3 is 2.85 bits per heavy atom. The Kier molecular flexibility index (Phi) is 2.08. The number of halogens is 2. The van der Waals surface area contributed by atoms with Crippen LogP contribution in [0.1, 0.15) is 17.9 Å². The molecule has 13 heavy (non-hydrogen) atoms. The minimum absolute atomic E-state index is 0.0125. The van der Waals surface area contributed by atoms with Crippen LogP contribution in [0.2, 0.25) is 5.02 Å². The summed E-state index contributed by atoms with van der Waals surface area (Å²) in [5, 5.41) is 0.119. The van der Waals surface area contributed by atoms with Crippen LogP contribution in [0.15, 0.2) is 18.2 Å². The number of benzene rings is 1. The molecule has 1 nitrogen and oxygen atoms in total. The minimum Gasteiger partial charge on any atom is -0.291 e. The van der Waals surface area contributed by atoms with E-state index < -0.39 is 5.82 Å². The number of hydrogen-bond donors (Lipinski definition) is 0. The van der Waals surface area contributed by atoms with E-state index in [0.29, 0.717) is 0 Å². The van der Waals surface area contributed by atoms with E-state index in [0.717, 1.165) is 12.0 Å². The van der Waals surface area contributed by atoms with E-state index >= 15 is 0 Å². The standard InChI is InChI=1S/C10H7ClFO/c11-9-4-6(1-2-10(9)12)8-3-7(8)5-13/h1-2,4,7-8H,3H2. The fourth-order valence-corrected chi connectivity index (χ4v) is 1.63. The lowest BCUT2D eigenvalue weighted by molar-refractivity contribution is 0.548. The van der Waals surface area contributed by atoms with Crippen LogP contribution in [0, 0.1) is 11.7 Å². The summed E-state index contributed by atoms with van der Waals surface area (Å²) in [4.78, 5) is 10.3. The predicted molar refractivity (Wildman–Crippen MR) is 48.0 cm³/mol. The van der Waals surface area contributed by atoms with Crippen LogP contribution in [-0.4, -0.2) is 6.29 Å². The van der Waals surface area contributed by atoms with E-state index in [2.05, 4.69) is 0 Å². The molecule has 0 aliphatic heterocycles. The zero-order valence-corrected chi connectivity index (χ0v) is 7.51. The van der Waals surface area contributed by atoms with Crippen LogP contribution < -0.4 is 0 Å². The van der Waals surface area contributed by atoms with Crippen LogP contribution in [0.25, 0.3) is 0 Å². The van der Waals surface area contributed by atoms with Crippen LogP contribution in [0.3, 0.4) is 0 Å². The van der Waals surface area contributed by atoms with Gasteiger partial charge in [0, 0.05) is 5.92 Å². The van der Waals surface area contributed by atoms with Crippen molar-refractivity contribution in [3.63, 3.8) is 0 Å². The molecule has 2 rings (SSSR count). The lowest BCUT2D eigenvalue weighted by Gasteiger charge is -1.99. The van der Waals surface area contributed by atoms with Gasteiger partial charge >= 0.3 is 0 Å². The van der Waals surface area contributed by atoms with Gasteiger partial charge in [-0.3, -0.25) is 4.79 Å². The zero-order chi connectivity index (χ0) is 9.42. The van der Waals surface area contributed by atoms with Gasteiger partial charge in [0.2, 0.25) is 6.29 Å². The molecule has 1 aromatic carbocycles. The Bertz CT molecular complexity index is 351. The van der Waals surface area contributed by atoms with E-state index in [9.17, 15) is 9.18 Å². The highest BCUT2D eigenvalue weighted by Gasteiger charge is 2.38. The Balaban J connectivity index is 2.23. The molecule has 0 spiro atoms. The summed E-state index contributed by atoms with van der Waals surface area (Å²) < 4.78 is 12.8. The van der Waals surface area contributed by atoms with Gasteiger partial charge in [-0.1, -0.05) is 17.7 Å².